The van der Waals surface area contributed by atoms with E-state index in [2.05, 4.69) is 15.4 Å². The molecule has 1 aromatic heterocycles. The maximum atomic E-state index is 11.6. The molecular formula is C13H20N2O4. The third-order valence-corrected chi connectivity index (χ3v) is 2.66. The molecule has 1 amide bonds. The van der Waals surface area contributed by atoms with E-state index in [9.17, 15) is 9.59 Å². The van der Waals surface area contributed by atoms with Gasteiger partial charge in [0.25, 0.3) is 0 Å². The second-order valence-electron chi connectivity index (χ2n) is 4.16. The molecule has 0 aliphatic carbocycles. The minimum Gasteiger partial charge on any atom is -0.463 e. The van der Waals surface area contributed by atoms with Crippen molar-refractivity contribution in [2.75, 3.05) is 13.7 Å². The molecule has 0 saturated carbocycles. The van der Waals surface area contributed by atoms with Crippen molar-refractivity contribution in [1.29, 1.82) is 0 Å². The van der Waals surface area contributed by atoms with Gasteiger partial charge in [0, 0.05) is 18.7 Å². The van der Waals surface area contributed by atoms with E-state index in [-0.39, 0.29) is 17.7 Å². The highest BCUT2D eigenvalue weighted by Gasteiger charge is 2.17. The molecule has 0 saturated heterocycles. The average molecular weight is 268 g/mol. The van der Waals surface area contributed by atoms with Crippen molar-refractivity contribution in [3.05, 3.63) is 23.7 Å². The molecular weight excluding hydrogens is 248 g/mol. The lowest BCUT2D eigenvalue weighted by molar-refractivity contribution is -0.122. The van der Waals surface area contributed by atoms with Crippen LogP contribution in [0, 0.1) is 0 Å². The fraction of sp³-hybridized carbons (Fsp3) is 0.538. The molecule has 0 aliphatic rings. The predicted molar refractivity (Wildman–Crippen MR) is 69.6 cm³/mol. The van der Waals surface area contributed by atoms with E-state index >= 15 is 0 Å². The second kappa shape index (κ2) is 7.58. The lowest BCUT2D eigenvalue weighted by Crippen LogP contribution is -2.42. The second-order valence-corrected chi connectivity index (χ2v) is 4.16. The number of hydrogen-bond acceptors (Lipinski definition) is 5. The van der Waals surface area contributed by atoms with Crippen molar-refractivity contribution < 1.29 is 18.7 Å². The lowest BCUT2D eigenvalue weighted by Gasteiger charge is -2.13. The van der Waals surface area contributed by atoms with Crippen molar-refractivity contribution in [2.24, 2.45) is 0 Å². The zero-order valence-electron chi connectivity index (χ0n) is 11.5. The Hall–Kier alpha value is -1.82. The number of furan rings is 1. The molecule has 2 N–H and O–H groups in total. The van der Waals surface area contributed by atoms with Gasteiger partial charge in [-0.05, 0) is 19.4 Å². The summed E-state index contributed by atoms with van der Waals surface area (Å²) in [5, 5.41) is 5.83. The molecule has 0 radical (unpaired) electrons. The number of esters is 1. The molecule has 0 bridgehead atoms. The van der Waals surface area contributed by atoms with Crippen LogP contribution < -0.4 is 10.6 Å². The molecule has 0 fully saturated rings. The molecule has 6 heteroatoms. The summed E-state index contributed by atoms with van der Waals surface area (Å²) in [6.07, 6.45) is 2.32. The molecule has 0 spiro atoms. The number of hydrogen-bond donors (Lipinski definition) is 2. The summed E-state index contributed by atoms with van der Waals surface area (Å²) in [4.78, 5) is 23.0. The van der Waals surface area contributed by atoms with Crippen LogP contribution in [-0.4, -0.2) is 31.6 Å². The van der Waals surface area contributed by atoms with Gasteiger partial charge in [0.2, 0.25) is 11.7 Å². The Kier molecular flexibility index (Phi) is 6.08. The van der Waals surface area contributed by atoms with Crippen LogP contribution in [0.5, 0.6) is 0 Å². The first-order valence-electron chi connectivity index (χ1n) is 6.25. The fourth-order valence-electron chi connectivity index (χ4n) is 1.50. The summed E-state index contributed by atoms with van der Waals surface area (Å²) in [5.41, 5.74) is 0.669. The minimum atomic E-state index is -0.523. The van der Waals surface area contributed by atoms with E-state index in [1.54, 1.807) is 13.0 Å². The predicted octanol–water partition coefficient (Wildman–Crippen LogP) is 1.07. The largest absolute Gasteiger partial charge is 0.463 e. The van der Waals surface area contributed by atoms with Gasteiger partial charge in [0.1, 0.15) is 0 Å². The number of methoxy groups -OCH3 is 1. The molecule has 1 atom stereocenters. The summed E-state index contributed by atoms with van der Waals surface area (Å²) in [6, 6.07) is 1.34. The Labute approximate surface area is 112 Å². The van der Waals surface area contributed by atoms with Crippen LogP contribution in [0.15, 0.2) is 16.7 Å². The monoisotopic (exact) mass is 268 g/mol. The van der Waals surface area contributed by atoms with Crippen LogP contribution in [0.2, 0.25) is 0 Å². The summed E-state index contributed by atoms with van der Waals surface area (Å²) in [7, 11) is 1.29. The van der Waals surface area contributed by atoms with Crippen LogP contribution >= 0.6 is 0 Å². The first kappa shape index (κ1) is 15.2. The minimum absolute atomic E-state index is 0.0648. The summed E-state index contributed by atoms with van der Waals surface area (Å²) in [6.45, 7) is 4.78. The van der Waals surface area contributed by atoms with Gasteiger partial charge in [-0.2, -0.15) is 0 Å². The van der Waals surface area contributed by atoms with Gasteiger partial charge in [-0.15, -0.1) is 0 Å². The number of amides is 1. The quantitative estimate of drug-likeness (QED) is 0.723. The molecule has 1 heterocycles. The molecule has 1 unspecified atom stereocenters. The number of rotatable bonds is 7. The number of carbonyl (C=O) groups excluding carboxylic acids is 2. The third-order valence-electron chi connectivity index (χ3n) is 2.66. The summed E-state index contributed by atoms with van der Waals surface area (Å²) < 4.78 is 9.66. The highest BCUT2D eigenvalue weighted by molar-refractivity contribution is 5.87. The van der Waals surface area contributed by atoms with Crippen LogP contribution in [-0.2, 0) is 16.1 Å². The first-order valence-corrected chi connectivity index (χ1v) is 6.25. The van der Waals surface area contributed by atoms with E-state index in [1.165, 1.54) is 13.4 Å². The van der Waals surface area contributed by atoms with Gasteiger partial charge in [-0.3, -0.25) is 4.79 Å². The third kappa shape index (κ3) is 4.40. The van der Waals surface area contributed by atoms with Crippen molar-refractivity contribution in [3.63, 3.8) is 0 Å². The van der Waals surface area contributed by atoms with E-state index in [0.717, 1.165) is 6.42 Å². The van der Waals surface area contributed by atoms with Crippen LogP contribution in [0.4, 0.5) is 0 Å². The van der Waals surface area contributed by atoms with Crippen LogP contribution in [0.3, 0.4) is 0 Å². The summed E-state index contributed by atoms with van der Waals surface area (Å²) in [5.74, 6) is -0.425. The van der Waals surface area contributed by atoms with E-state index in [4.69, 9.17) is 4.42 Å². The molecule has 1 aromatic rings. The SMILES string of the molecule is CCCNC(=O)C(C)NCc1ccoc1C(=O)OC. The standard InChI is InChI=1S/C13H20N2O4/c1-4-6-14-12(16)9(2)15-8-10-5-7-19-11(10)13(17)18-3/h5,7,9,15H,4,6,8H2,1-3H3,(H,14,16). The molecule has 6 nitrogen and oxygen atoms in total. The number of ether oxygens (including phenoxy) is 1. The first-order chi connectivity index (χ1) is 9.10. The zero-order chi connectivity index (χ0) is 14.3. The number of carbonyl (C=O) groups is 2. The zero-order valence-corrected chi connectivity index (χ0v) is 11.5. The Bertz CT molecular complexity index is 428. The molecule has 0 aromatic carbocycles. The summed E-state index contributed by atoms with van der Waals surface area (Å²) >= 11 is 0. The van der Waals surface area contributed by atoms with E-state index < -0.39 is 5.97 Å². The Morgan fingerprint density at radius 2 is 2.21 bits per heavy atom. The Morgan fingerprint density at radius 3 is 2.84 bits per heavy atom. The topological polar surface area (TPSA) is 80.6 Å². The molecule has 0 aliphatic heterocycles. The fourth-order valence-corrected chi connectivity index (χ4v) is 1.50. The van der Waals surface area contributed by atoms with Gasteiger partial charge < -0.3 is 19.8 Å². The van der Waals surface area contributed by atoms with Crippen LogP contribution in [0.25, 0.3) is 0 Å². The molecule has 1 rings (SSSR count). The van der Waals surface area contributed by atoms with E-state index in [0.29, 0.717) is 18.7 Å². The molecule has 19 heavy (non-hydrogen) atoms. The highest BCUT2D eigenvalue weighted by Crippen LogP contribution is 2.11. The maximum absolute atomic E-state index is 11.6. The van der Waals surface area contributed by atoms with Crippen molar-refractivity contribution in [2.45, 2.75) is 32.9 Å². The Morgan fingerprint density at radius 1 is 1.47 bits per heavy atom. The lowest BCUT2D eigenvalue weighted by atomic mass is 10.2. The normalized spacial score (nSPS) is 11.9. The van der Waals surface area contributed by atoms with Gasteiger partial charge in [0.15, 0.2) is 0 Å². The Balaban J connectivity index is 2.50. The molecule has 106 valence electrons. The number of nitrogens with one attached hydrogen (secondary N) is 2. The smallest absolute Gasteiger partial charge is 0.374 e. The van der Waals surface area contributed by atoms with Crippen molar-refractivity contribution in [3.8, 4) is 0 Å². The average Bonchev–Trinajstić information content (AvgIpc) is 2.89. The maximum Gasteiger partial charge on any atom is 0.374 e. The van der Waals surface area contributed by atoms with Gasteiger partial charge >= 0.3 is 5.97 Å². The van der Waals surface area contributed by atoms with Gasteiger partial charge in [-0.25, -0.2) is 4.79 Å². The highest BCUT2D eigenvalue weighted by atomic mass is 16.5. The van der Waals surface area contributed by atoms with Gasteiger partial charge in [-0.1, -0.05) is 6.92 Å². The van der Waals surface area contributed by atoms with Crippen LogP contribution in [0.1, 0.15) is 36.4 Å². The van der Waals surface area contributed by atoms with Gasteiger partial charge in [0.05, 0.1) is 19.4 Å². The van der Waals surface area contributed by atoms with Crippen molar-refractivity contribution in [1.82, 2.24) is 10.6 Å². The van der Waals surface area contributed by atoms with Crippen molar-refractivity contribution >= 4 is 11.9 Å². The van der Waals surface area contributed by atoms with E-state index in [1.807, 2.05) is 6.92 Å².